The molecular weight excluding hydrogens is 418 g/mol. The van der Waals surface area contributed by atoms with E-state index in [1.54, 1.807) is 0 Å². The quantitative estimate of drug-likeness (QED) is 0.0851. The highest BCUT2D eigenvalue weighted by Crippen LogP contribution is 2.16. The number of nitrogens with two attached hydrogens (primary N) is 1. The zero-order chi connectivity index (χ0) is 25.0. The van der Waals surface area contributed by atoms with E-state index in [0.29, 0.717) is 19.8 Å². The predicted molar refractivity (Wildman–Crippen MR) is 151 cm³/mol. The SMILES string of the molecule is [CH2]C(CN)(OCCCCCCCCCCCCCC)OCCCCCCCCCCCCCC. The maximum atomic E-state index is 5.92. The molecule has 1 radical (unpaired) electrons. The highest BCUT2D eigenvalue weighted by molar-refractivity contribution is 4.74. The Morgan fingerprint density at radius 3 is 0.912 bits per heavy atom. The van der Waals surface area contributed by atoms with Crippen molar-refractivity contribution in [1.82, 2.24) is 0 Å². The zero-order valence-electron chi connectivity index (χ0n) is 23.7. The molecule has 0 heterocycles. The Hall–Kier alpha value is -0.120. The Morgan fingerprint density at radius 1 is 0.441 bits per heavy atom. The van der Waals surface area contributed by atoms with Crippen molar-refractivity contribution in [2.45, 2.75) is 174 Å². The fourth-order valence-corrected chi connectivity index (χ4v) is 4.56. The van der Waals surface area contributed by atoms with Gasteiger partial charge in [-0.15, -0.1) is 0 Å². The molecule has 0 saturated heterocycles. The minimum absolute atomic E-state index is 0.323. The second-order valence-corrected chi connectivity index (χ2v) is 10.6. The van der Waals surface area contributed by atoms with E-state index in [4.69, 9.17) is 15.2 Å². The van der Waals surface area contributed by atoms with Gasteiger partial charge in [-0.2, -0.15) is 0 Å². The van der Waals surface area contributed by atoms with E-state index < -0.39 is 5.79 Å². The summed E-state index contributed by atoms with van der Waals surface area (Å²) in [5.41, 5.74) is 5.89. The fraction of sp³-hybridized carbons (Fsp3) is 0.968. The van der Waals surface area contributed by atoms with Gasteiger partial charge in [0, 0.05) is 13.5 Å². The van der Waals surface area contributed by atoms with Crippen molar-refractivity contribution in [1.29, 1.82) is 0 Å². The zero-order valence-corrected chi connectivity index (χ0v) is 23.7. The van der Waals surface area contributed by atoms with Gasteiger partial charge in [-0.05, 0) is 12.8 Å². The van der Waals surface area contributed by atoms with Crippen LogP contribution >= 0.6 is 0 Å². The molecule has 0 saturated carbocycles. The van der Waals surface area contributed by atoms with Crippen LogP contribution in [0.25, 0.3) is 0 Å². The number of hydrogen-bond donors (Lipinski definition) is 1. The minimum Gasteiger partial charge on any atom is -0.349 e. The summed E-state index contributed by atoms with van der Waals surface area (Å²) in [6.45, 7) is 10.4. The molecule has 0 aliphatic rings. The molecule has 0 aliphatic carbocycles. The lowest BCUT2D eigenvalue weighted by Gasteiger charge is -2.28. The van der Waals surface area contributed by atoms with Gasteiger partial charge in [0.05, 0.1) is 13.2 Å². The summed E-state index contributed by atoms with van der Waals surface area (Å²) in [6.07, 6.45) is 32.5. The van der Waals surface area contributed by atoms with Crippen LogP contribution in [0.5, 0.6) is 0 Å². The molecular formula is C31H64NO2. The molecule has 34 heavy (non-hydrogen) atoms. The lowest BCUT2D eigenvalue weighted by molar-refractivity contribution is -0.201. The molecule has 0 fully saturated rings. The van der Waals surface area contributed by atoms with Gasteiger partial charge in [0.25, 0.3) is 0 Å². The summed E-state index contributed by atoms with van der Waals surface area (Å²) in [5, 5.41) is 0. The van der Waals surface area contributed by atoms with Crippen molar-refractivity contribution < 1.29 is 9.47 Å². The van der Waals surface area contributed by atoms with Crippen molar-refractivity contribution in [3.63, 3.8) is 0 Å². The number of unbranched alkanes of at least 4 members (excludes halogenated alkanes) is 22. The number of rotatable bonds is 29. The second-order valence-electron chi connectivity index (χ2n) is 10.6. The normalized spacial score (nSPS) is 12.0. The monoisotopic (exact) mass is 482 g/mol. The molecule has 3 heteroatoms. The number of hydrogen-bond acceptors (Lipinski definition) is 3. The van der Waals surface area contributed by atoms with Crippen molar-refractivity contribution in [3.8, 4) is 0 Å². The van der Waals surface area contributed by atoms with Crippen LogP contribution in [0.2, 0.25) is 0 Å². The van der Waals surface area contributed by atoms with E-state index in [9.17, 15) is 0 Å². The molecule has 0 amide bonds. The van der Waals surface area contributed by atoms with Gasteiger partial charge < -0.3 is 15.2 Å². The third-order valence-corrected chi connectivity index (χ3v) is 7.04. The van der Waals surface area contributed by atoms with Crippen LogP contribution in [0.1, 0.15) is 168 Å². The standard InChI is InChI=1S/C31H64NO2/c1-4-6-8-10-12-14-16-18-20-22-24-26-28-33-31(3,30-32)34-29-27-25-23-21-19-17-15-13-11-9-7-5-2/h3-30,32H2,1-2H3. The summed E-state index contributed by atoms with van der Waals surface area (Å²) < 4.78 is 11.8. The number of ether oxygens (including phenoxy) is 2. The van der Waals surface area contributed by atoms with Crippen LogP contribution in [0.3, 0.4) is 0 Å². The van der Waals surface area contributed by atoms with Gasteiger partial charge in [0.15, 0.2) is 5.79 Å². The van der Waals surface area contributed by atoms with Crippen LogP contribution in [-0.4, -0.2) is 25.5 Å². The third kappa shape index (κ3) is 25.0. The lowest BCUT2D eigenvalue weighted by atomic mass is 10.1. The Morgan fingerprint density at radius 2 is 0.676 bits per heavy atom. The maximum absolute atomic E-state index is 5.92. The first-order chi connectivity index (χ1) is 16.7. The molecule has 3 nitrogen and oxygen atoms in total. The van der Waals surface area contributed by atoms with Gasteiger partial charge in [-0.1, -0.05) is 155 Å². The smallest absolute Gasteiger partial charge is 0.180 e. The van der Waals surface area contributed by atoms with Crippen molar-refractivity contribution >= 4 is 0 Å². The Kier molecular flexibility index (Phi) is 27.4. The van der Waals surface area contributed by atoms with E-state index in [1.807, 2.05) is 0 Å². The second kappa shape index (κ2) is 27.5. The molecule has 0 atom stereocenters. The average Bonchev–Trinajstić information content (AvgIpc) is 2.85. The van der Waals surface area contributed by atoms with Crippen LogP contribution in [-0.2, 0) is 9.47 Å². The molecule has 0 unspecified atom stereocenters. The van der Waals surface area contributed by atoms with Crippen LogP contribution in [0.4, 0.5) is 0 Å². The van der Waals surface area contributed by atoms with Gasteiger partial charge in [-0.25, -0.2) is 0 Å². The van der Waals surface area contributed by atoms with Gasteiger partial charge in [-0.3, -0.25) is 0 Å². The van der Waals surface area contributed by atoms with E-state index in [2.05, 4.69) is 20.8 Å². The van der Waals surface area contributed by atoms with Crippen LogP contribution in [0.15, 0.2) is 0 Å². The van der Waals surface area contributed by atoms with Crippen LogP contribution < -0.4 is 5.73 Å². The molecule has 0 aromatic rings. The Bertz CT molecular complexity index is 344. The molecule has 0 spiro atoms. The molecule has 0 bridgehead atoms. The first-order valence-electron chi connectivity index (χ1n) is 15.5. The molecule has 0 aliphatic heterocycles. The summed E-state index contributed by atoms with van der Waals surface area (Å²) in [5.74, 6) is -0.852. The highest BCUT2D eigenvalue weighted by Gasteiger charge is 2.23. The van der Waals surface area contributed by atoms with E-state index in [1.165, 1.54) is 141 Å². The fourth-order valence-electron chi connectivity index (χ4n) is 4.56. The summed E-state index contributed by atoms with van der Waals surface area (Å²) in [6, 6.07) is 0. The molecule has 205 valence electrons. The summed E-state index contributed by atoms with van der Waals surface area (Å²) >= 11 is 0. The van der Waals surface area contributed by atoms with E-state index >= 15 is 0 Å². The predicted octanol–water partition coefficient (Wildman–Crippen LogP) is 9.91. The Labute approximate surface area is 215 Å². The lowest BCUT2D eigenvalue weighted by Crippen LogP contribution is -2.41. The van der Waals surface area contributed by atoms with E-state index in [-0.39, 0.29) is 0 Å². The summed E-state index contributed by atoms with van der Waals surface area (Å²) in [4.78, 5) is 0. The molecule has 0 rings (SSSR count). The highest BCUT2D eigenvalue weighted by atomic mass is 16.7. The molecule has 2 N–H and O–H groups in total. The molecule has 0 aromatic heterocycles. The average molecular weight is 483 g/mol. The first-order valence-corrected chi connectivity index (χ1v) is 15.5. The van der Waals surface area contributed by atoms with Gasteiger partial charge in [0.2, 0.25) is 0 Å². The van der Waals surface area contributed by atoms with Crippen molar-refractivity contribution in [2.24, 2.45) is 5.73 Å². The van der Waals surface area contributed by atoms with E-state index in [0.717, 1.165) is 12.8 Å². The van der Waals surface area contributed by atoms with Gasteiger partial charge >= 0.3 is 0 Å². The maximum Gasteiger partial charge on any atom is 0.180 e. The van der Waals surface area contributed by atoms with Gasteiger partial charge in [0.1, 0.15) is 0 Å². The minimum atomic E-state index is -0.852. The topological polar surface area (TPSA) is 44.5 Å². The largest absolute Gasteiger partial charge is 0.349 e. The van der Waals surface area contributed by atoms with Crippen molar-refractivity contribution in [2.75, 3.05) is 19.8 Å². The first kappa shape index (κ1) is 33.9. The van der Waals surface area contributed by atoms with Crippen LogP contribution in [0, 0.1) is 6.92 Å². The Balaban J connectivity index is 3.42. The summed E-state index contributed by atoms with van der Waals surface area (Å²) in [7, 11) is 0. The van der Waals surface area contributed by atoms with Crippen molar-refractivity contribution in [3.05, 3.63) is 6.92 Å². The molecule has 0 aromatic carbocycles. The third-order valence-electron chi connectivity index (χ3n) is 7.04.